The molecule has 2 aromatic rings. The lowest BCUT2D eigenvalue weighted by Gasteiger charge is -2.65. The second-order valence-electron chi connectivity index (χ2n) is 14.8. The van der Waals surface area contributed by atoms with Gasteiger partial charge in [0.05, 0.1) is 17.3 Å². The molecule has 2 amide bonds. The number of amides is 2. The average Bonchev–Trinajstić information content (AvgIpc) is 3.60. The Hall–Kier alpha value is -3.38. The van der Waals surface area contributed by atoms with Crippen molar-refractivity contribution in [2.45, 2.75) is 82.0 Å². The highest BCUT2D eigenvalue weighted by Gasteiger charge is 2.71. The molecule has 1 aliphatic heterocycles. The molecule has 0 radical (unpaired) electrons. The highest BCUT2D eigenvalue weighted by Crippen LogP contribution is 2.70. The minimum atomic E-state index is -1.24. The van der Waals surface area contributed by atoms with Gasteiger partial charge in [-0.3, -0.25) is 9.59 Å². The monoisotopic (exact) mass is 719 g/mol. The normalized spacial score (nSPS) is 37.2. The molecule has 254 valence electrons. The molecule has 5 N–H and O–H groups in total. The van der Waals surface area contributed by atoms with Crippen LogP contribution in [0, 0.1) is 28.6 Å². The Morgan fingerprint density at radius 1 is 0.958 bits per heavy atom. The van der Waals surface area contributed by atoms with E-state index in [1.165, 1.54) is 0 Å². The van der Waals surface area contributed by atoms with Crippen LogP contribution < -0.4 is 10.7 Å². The minimum absolute atomic E-state index is 0.0444. The van der Waals surface area contributed by atoms with Gasteiger partial charge in [0, 0.05) is 50.8 Å². The summed E-state index contributed by atoms with van der Waals surface area (Å²) in [5.41, 5.74) is 1.29. The van der Waals surface area contributed by atoms with E-state index in [1.807, 2.05) is 6.07 Å². The number of rotatable bonds is 6. The summed E-state index contributed by atoms with van der Waals surface area (Å²) in [5.74, 6) is -1.30. The summed E-state index contributed by atoms with van der Waals surface area (Å²) < 4.78 is 6.03. The molecular weight excluding hydrogens is 678 g/mol. The number of fused-ring (bicyclic) bond motifs is 5. The Morgan fingerprint density at radius 2 is 1.71 bits per heavy atom. The SMILES string of the molecule is CC12CC[C@H]3[C@@H](CCC4(O)C[C@H](O)CCC34C=NNC(=O)c3cccc(NC(=O)c4cccc(Br)c4)c3)C1(O)CCC2C1=CC(=O)OC1. The van der Waals surface area contributed by atoms with Gasteiger partial charge >= 0.3 is 5.97 Å². The van der Waals surface area contributed by atoms with Crippen LogP contribution in [0.1, 0.15) is 85.4 Å². The summed E-state index contributed by atoms with van der Waals surface area (Å²) in [6, 6.07) is 13.6. The molecule has 1 heterocycles. The molecule has 4 saturated carbocycles. The number of ether oxygens (including phenoxy) is 1. The summed E-state index contributed by atoms with van der Waals surface area (Å²) in [4.78, 5) is 38.0. The van der Waals surface area contributed by atoms with Gasteiger partial charge in [-0.05, 0) is 111 Å². The second kappa shape index (κ2) is 12.2. The van der Waals surface area contributed by atoms with Crippen molar-refractivity contribution in [3.8, 4) is 0 Å². The lowest BCUT2D eigenvalue weighted by Crippen LogP contribution is -2.68. The van der Waals surface area contributed by atoms with Gasteiger partial charge in [0.2, 0.25) is 0 Å². The highest BCUT2D eigenvalue weighted by molar-refractivity contribution is 9.10. The van der Waals surface area contributed by atoms with Crippen molar-refractivity contribution in [2.75, 3.05) is 11.9 Å². The minimum Gasteiger partial charge on any atom is -0.458 e. The molecule has 0 spiro atoms. The lowest BCUT2D eigenvalue weighted by molar-refractivity contribution is -0.237. The van der Waals surface area contributed by atoms with Gasteiger partial charge in [-0.2, -0.15) is 5.10 Å². The number of benzene rings is 2. The molecular formula is C37H42BrN3O7. The molecule has 0 saturated heterocycles. The zero-order valence-electron chi connectivity index (χ0n) is 27.0. The van der Waals surface area contributed by atoms with Crippen LogP contribution in [0.5, 0.6) is 0 Å². The average molecular weight is 721 g/mol. The molecule has 2 aromatic carbocycles. The number of cyclic esters (lactones) is 1. The molecule has 5 unspecified atom stereocenters. The van der Waals surface area contributed by atoms with Gasteiger partial charge in [0.1, 0.15) is 6.61 Å². The Bertz CT molecular complexity index is 1710. The summed E-state index contributed by atoms with van der Waals surface area (Å²) in [7, 11) is 0. The number of anilines is 1. The van der Waals surface area contributed by atoms with Gasteiger partial charge < -0.3 is 25.4 Å². The molecule has 5 aliphatic rings. The van der Waals surface area contributed by atoms with Crippen molar-refractivity contribution < 1.29 is 34.4 Å². The van der Waals surface area contributed by atoms with E-state index in [0.717, 1.165) is 22.9 Å². The van der Waals surface area contributed by atoms with Crippen molar-refractivity contribution in [1.82, 2.24) is 5.43 Å². The first-order chi connectivity index (χ1) is 22.9. The van der Waals surface area contributed by atoms with Crippen LogP contribution in [0.3, 0.4) is 0 Å². The number of carbonyl (C=O) groups is 3. The number of carbonyl (C=O) groups excluding carboxylic acids is 3. The van der Waals surface area contributed by atoms with Crippen molar-refractivity contribution in [3.05, 3.63) is 75.8 Å². The van der Waals surface area contributed by atoms with Gasteiger partial charge in [-0.25, -0.2) is 10.2 Å². The fraction of sp³-hybridized carbons (Fsp3) is 0.514. The van der Waals surface area contributed by atoms with Crippen LogP contribution in [0.2, 0.25) is 0 Å². The third kappa shape index (κ3) is 5.34. The maximum atomic E-state index is 13.3. The van der Waals surface area contributed by atoms with Crippen molar-refractivity contribution in [1.29, 1.82) is 0 Å². The number of hydrogen-bond acceptors (Lipinski definition) is 8. The molecule has 0 bridgehead atoms. The summed E-state index contributed by atoms with van der Waals surface area (Å²) in [6.07, 6.45) is 7.64. The first-order valence-electron chi connectivity index (χ1n) is 16.9. The molecule has 8 atom stereocenters. The van der Waals surface area contributed by atoms with Crippen LogP contribution in [-0.4, -0.2) is 63.2 Å². The predicted molar refractivity (Wildman–Crippen MR) is 182 cm³/mol. The first-order valence-corrected chi connectivity index (χ1v) is 17.7. The smallest absolute Gasteiger partial charge is 0.331 e. The van der Waals surface area contributed by atoms with Crippen LogP contribution in [0.15, 0.2) is 69.8 Å². The summed E-state index contributed by atoms with van der Waals surface area (Å²) in [6.45, 7) is 2.42. The third-order valence-electron chi connectivity index (χ3n) is 12.6. The van der Waals surface area contributed by atoms with E-state index in [9.17, 15) is 29.7 Å². The van der Waals surface area contributed by atoms with Gasteiger partial charge in [0.15, 0.2) is 0 Å². The third-order valence-corrected chi connectivity index (χ3v) is 13.1. The largest absolute Gasteiger partial charge is 0.458 e. The summed E-state index contributed by atoms with van der Waals surface area (Å²) >= 11 is 3.38. The second-order valence-corrected chi connectivity index (χ2v) is 15.7. The number of nitrogens with zero attached hydrogens (tertiary/aromatic N) is 1. The summed E-state index contributed by atoms with van der Waals surface area (Å²) in [5, 5.41) is 42.8. The van der Waals surface area contributed by atoms with E-state index in [1.54, 1.807) is 54.8 Å². The van der Waals surface area contributed by atoms with E-state index in [0.29, 0.717) is 55.3 Å². The topological polar surface area (TPSA) is 158 Å². The zero-order valence-corrected chi connectivity index (χ0v) is 28.5. The number of hydrazone groups is 1. The number of halogens is 1. The number of hydrogen-bond donors (Lipinski definition) is 5. The molecule has 11 heteroatoms. The van der Waals surface area contributed by atoms with Crippen molar-refractivity contribution in [2.24, 2.45) is 33.7 Å². The molecule has 10 nitrogen and oxygen atoms in total. The van der Waals surface area contributed by atoms with E-state index in [-0.39, 0.29) is 42.7 Å². The van der Waals surface area contributed by atoms with Crippen LogP contribution >= 0.6 is 15.9 Å². The maximum absolute atomic E-state index is 13.3. The van der Waals surface area contributed by atoms with Crippen LogP contribution in [0.4, 0.5) is 5.69 Å². The predicted octanol–water partition coefficient (Wildman–Crippen LogP) is 5.13. The fourth-order valence-corrected chi connectivity index (χ4v) is 10.6. The first kappa shape index (κ1) is 33.1. The number of aliphatic hydroxyl groups is 3. The molecule has 4 fully saturated rings. The molecule has 48 heavy (non-hydrogen) atoms. The van der Waals surface area contributed by atoms with Crippen LogP contribution in [0.25, 0.3) is 0 Å². The number of aliphatic hydroxyl groups excluding tert-OH is 1. The van der Waals surface area contributed by atoms with Gasteiger partial charge in [-0.15, -0.1) is 0 Å². The van der Waals surface area contributed by atoms with Crippen molar-refractivity contribution in [3.63, 3.8) is 0 Å². The Kier molecular flexibility index (Phi) is 8.41. The van der Waals surface area contributed by atoms with E-state index in [2.05, 4.69) is 38.7 Å². The van der Waals surface area contributed by atoms with Crippen LogP contribution in [-0.2, 0) is 9.53 Å². The number of esters is 1. The Morgan fingerprint density at radius 3 is 2.46 bits per heavy atom. The fourth-order valence-electron chi connectivity index (χ4n) is 10.2. The van der Waals surface area contributed by atoms with Crippen molar-refractivity contribution >= 4 is 45.6 Å². The molecule has 4 aliphatic carbocycles. The zero-order chi connectivity index (χ0) is 33.9. The maximum Gasteiger partial charge on any atom is 0.331 e. The number of nitrogens with one attached hydrogen (secondary N) is 2. The Labute approximate surface area is 288 Å². The molecule has 7 rings (SSSR count). The van der Waals surface area contributed by atoms with Gasteiger partial charge in [0.25, 0.3) is 11.8 Å². The quantitative estimate of drug-likeness (QED) is 0.157. The van der Waals surface area contributed by atoms with Gasteiger partial charge in [-0.1, -0.05) is 35.0 Å². The van der Waals surface area contributed by atoms with E-state index in [4.69, 9.17) is 4.74 Å². The molecule has 0 aromatic heterocycles. The van der Waals surface area contributed by atoms with E-state index >= 15 is 0 Å². The standard InChI is InChI=1S/C37H42BrN3O7/c1-34-12-9-29-30(37(34,47)15-11-28(34)24-18-31(43)48-20-24)10-14-36(46)19-27(42)8-13-35(29,36)21-39-41-33(45)23-5-3-7-26(17-23)40-32(44)22-4-2-6-25(38)16-22/h2-7,16-18,21,27-30,42,46-47H,8-15,19-20H2,1H3,(H,40,44)(H,41,45)/t27-,28?,29+,30-,34?,35?,36?,37?/m1/s1. The van der Waals surface area contributed by atoms with E-state index < -0.39 is 34.0 Å². The lowest BCUT2D eigenvalue weighted by atomic mass is 9.41. The highest BCUT2D eigenvalue weighted by atomic mass is 79.9. The Balaban J connectivity index is 1.12.